The molecule has 0 unspecified atom stereocenters. The van der Waals surface area contributed by atoms with Crippen LogP contribution in [-0.4, -0.2) is 20.5 Å². The molecule has 1 aliphatic rings. The van der Waals surface area contributed by atoms with Crippen LogP contribution in [0.3, 0.4) is 0 Å². The molecule has 2 nitrogen and oxygen atoms in total. The molecule has 1 aliphatic carbocycles. The molecule has 0 heterocycles. The SMILES string of the molecule is CC(C)(C)[Si](C)(C)O[C@H]1CCCC[C@@H]1Nc1cc(Cl)ccc1F. The maximum absolute atomic E-state index is 14.0. The molecule has 1 aromatic rings. The van der Waals surface area contributed by atoms with Crippen molar-refractivity contribution < 1.29 is 8.82 Å². The van der Waals surface area contributed by atoms with Crippen LogP contribution in [0.2, 0.25) is 23.2 Å². The fourth-order valence-corrected chi connectivity index (χ4v) is 4.33. The second kappa shape index (κ2) is 7.12. The van der Waals surface area contributed by atoms with Crippen LogP contribution in [-0.2, 0) is 4.43 Å². The van der Waals surface area contributed by atoms with E-state index in [0.717, 1.165) is 19.3 Å². The zero-order valence-corrected chi connectivity index (χ0v) is 16.6. The number of rotatable bonds is 4. The van der Waals surface area contributed by atoms with Crippen molar-refractivity contribution in [2.45, 2.75) is 76.7 Å². The minimum absolute atomic E-state index is 0.142. The van der Waals surface area contributed by atoms with Gasteiger partial charge in [0.25, 0.3) is 0 Å². The lowest BCUT2D eigenvalue weighted by Crippen LogP contribution is -2.49. The van der Waals surface area contributed by atoms with Crippen LogP contribution >= 0.6 is 11.6 Å². The van der Waals surface area contributed by atoms with Crippen molar-refractivity contribution >= 4 is 25.6 Å². The second-order valence-electron chi connectivity index (χ2n) is 8.08. The summed E-state index contributed by atoms with van der Waals surface area (Å²) in [6.45, 7) is 11.3. The molecule has 0 spiro atoms. The molecule has 1 fully saturated rings. The van der Waals surface area contributed by atoms with Gasteiger partial charge in [-0.05, 0) is 49.2 Å². The van der Waals surface area contributed by atoms with Crippen molar-refractivity contribution in [2.24, 2.45) is 0 Å². The molecule has 0 saturated heterocycles. The Balaban J connectivity index is 2.14. The maximum Gasteiger partial charge on any atom is 0.192 e. The highest BCUT2D eigenvalue weighted by atomic mass is 35.5. The summed E-state index contributed by atoms with van der Waals surface area (Å²) in [7, 11) is -1.84. The third-order valence-corrected chi connectivity index (χ3v) is 9.96. The number of hydrogen-bond acceptors (Lipinski definition) is 2. The molecule has 5 heteroatoms. The fourth-order valence-electron chi connectivity index (χ4n) is 2.77. The standard InChI is InChI=1S/C18H29ClFNOSi/c1-18(2,3)23(4,5)22-17-9-7-6-8-15(17)21-16-12-13(19)10-11-14(16)20/h10-12,15,17,21H,6-9H2,1-5H3/t15-,17-/m0/s1. The Morgan fingerprint density at radius 2 is 1.87 bits per heavy atom. The zero-order chi connectivity index (χ0) is 17.3. The number of benzene rings is 1. The van der Waals surface area contributed by atoms with Gasteiger partial charge in [-0.2, -0.15) is 0 Å². The van der Waals surface area contributed by atoms with Gasteiger partial charge >= 0.3 is 0 Å². The van der Waals surface area contributed by atoms with Crippen molar-refractivity contribution in [1.29, 1.82) is 0 Å². The molecule has 0 aliphatic heterocycles. The van der Waals surface area contributed by atoms with E-state index in [1.807, 2.05) is 0 Å². The van der Waals surface area contributed by atoms with Crippen LogP contribution in [0, 0.1) is 5.82 Å². The third kappa shape index (κ3) is 4.71. The summed E-state index contributed by atoms with van der Waals surface area (Å²) in [5, 5.41) is 4.08. The van der Waals surface area contributed by atoms with Crippen molar-refractivity contribution in [3.8, 4) is 0 Å². The smallest absolute Gasteiger partial charge is 0.192 e. The number of anilines is 1. The van der Waals surface area contributed by atoms with E-state index in [2.05, 4.69) is 39.2 Å². The van der Waals surface area contributed by atoms with Crippen LogP contribution in [0.25, 0.3) is 0 Å². The lowest BCUT2D eigenvalue weighted by atomic mass is 9.92. The second-order valence-corrected chi connectivity index (χ2v) is 13.3. The Bertz CT molecular complexity index is 544. The summed E-state index contributed by atoms with van der Waals surface area (Å²) < 4.78 is 20.6. The van der Waals surface area contributed by atoms with Crippen molar-refractivity contribution in [2.75, 3.05) is 5.32 Å². The first kappa shape index (κ1) is 18.8. The van der Waals surface area contributed by atoms with Crippen LogP contribution in [0.1, 0.15) is 46.5 Å². The summed E-state index contributed by atoms with van der Waals surface area (Å²) in [6, 6.07) is 4.80. The Morgan fingerprint density at radius 1 is 1.22 bits per heavy atom. The molecule has 130 valence electrons. The highest BCUT2D eigenvalue weighted by Gasteiger charge is 2.41. The van der Waals surface area contributed by atoms with E-state index in [-0.39, 0.29) is 23.0 Å². The van der Waals surface area contributed by atoms with Gasteiger partial charge in [0.05, 0.1) is 17.8 Å². The molecule has 2 rings (SSSR count). The molecule has 1 aromatic carbocycles. The van der Waals surface area contributed by atoms with Gasteiger partial charge < -0.3 is 9.74 Å². The summed E-state index contributed by atoms with van der Waals surface area (Å²) in [4.78, 5) is 0. The predicted molar refractivity (Wildman–Crippen MR) is 99.4 cm³/mol. The van der Waals surface area contributed by atoms with Gasteiger partial charge in [0.15, 0.2) is 8.32 Å². The van der Waals surface area contributed by atoms with Crippen LogP contribution in [0.15, 0.2) is 18.2 Å². The van der Waals surface area contributed by atoms with E-state index in [1.165, 1.54) is 12.5 Å². The first-order valence-corrected chi connectivity index (χ1v) is 11.8. The molecule has 1 N–H and O–H groups in total. The quantitative estimate of drug-likeness (QED) is 0.645. The summed E-state index contributed by atoms with van der Waals surface area (Å²) in [5.74, 6) is -0.258. The maximum atomic E-state index is 14.0. The predicted octanol–water partition coefficient (Wildman–Crippen LogP) is 6.22. The van der Waals surface area contributed by atoms with Gasteiger partial charge in [-0.15, -0.1) is 0 Å². The third-order valence-electron chi connectivity index (χ3n) is 5.22. The first-order chi connectivity index (χ1) is 10.6. The average Bonchev–Trinajstić information content (AvgIpc) is 2.43. The summed E-state index contributed by atoms with van der Waals surface area (Å²) in [5.41, 5.74) is 0.480. The van der Waals surface area contributed by atoms with E-state index in [9.17, 15) is 4.39 Å². The molecule has 0 radical (unpaired) electrons. The van der Waals surface area contributed by atoms with Crippen molar-refractivity contribution in [3.05, 3.63) is 29.0 Å². The minimum atomic E-state index is -1.84. The number of nitrogens with one attached hydrogen (secondary N) is 1. The Kier molecular flexibility index (Phi) is 5.80. The van der Waals surface area contributed by atoms with E-state index in [0.29, 0.717) is 10.7 Å². The molecule has 0 aromatic heterocycles. The van der Waals surface area contributed by atoms with Gasteiger partial charge in [0, 0.05) is 5.02 Å². The molecule has 1 saturated carbocycles. The highest BCUT2D eigenvalue weighted by molar-refractivity contribution is 6.74. The largest absolute Gasteiger partial charge is 0.412 e. The molecule has 2 atom stereocenters. The van der Waals surface area contributed by atoms with Gasteiger partial charge in [-0.1, -0.05) is 45.2 Å². The lowest BCUT2D eigenvalue weighted by molar-refractivity contribution is 0.124. The normalized spacial score (nSPS) is 22.9. The first-order valence-electron chi connectivity index (χ1n) is 8.49. The summed E-state index contributed by atoms with van der Waals surface area (Å²) >= 11 is 6.01. The van der Waals surface area contributed by atoms with Crippen LogP contribution < -0.4 is 5.32 Å². The molecular formula is C18H29ClFNOSi. The Hall–Kier alpha value is -0.583. The molecule has 23 heavy (non-hydrogen) atoms. The van der Waals surface area contributed by atoms with Gasteiger partial charge in [-0.3, -0.25) is 0 Å². The van der Waals surface area contributed by atoms with Crippen LogP contribution in [0.5, 0.6) is 0 Å². The Morgan fingerprint density at radius 3 is 2.52 bits per heavy atom. The molecule has 0 amide bonds. The minimum Gasteiger partial charge on any atom is -0.412 e. The highest BCUT2D eigenvalue weighted by Crippen LogP contribution is 2.39. The van der Waals surface area contributed by atoms with E-state index in [4.69, 9.17) is 16.0 Å². The van der Waals surface area contributed by atoms with Crippen LogP contribution in [0.4, 0.5) is 10.1 Å². The lowest BCUT2D eigenvalue weighted by Gasteiger charge is -2.43. The zero-order valence-electron chi connectivity index (χ0n) is 14.9. The monoisotopic (exact) mass is 357 g/mol. The number of hydrogen-bond donors (Lipinski definition) is 1. The van der Waals surface area contributed by atoms with E-state index >= 15 is 0 Å². The average molecular weight is 358 g/mol. The van der Waals surface area contributed by atoms with Gasteiger partial charge in [-0.25, -0.2) is 4.39 Å². The molecular weight excluding hydrogens is 329 g/mol. The van der Waals surface area contributed by atoms with Crippen molar-refractivity contribution in [3.63, 3.8) is 0 Å². The van der Waals surface area contributed by atoms with Gasteiger partial charge in [0.2, 0.25) is 0 Å². The topological polar surface area (TPSA) is 21.3 Å². The molecule has 0 bridgehead atoms. The van der Waals surface area contributed by atoms with Gasteiger partial charge in [0.1, 0.15) is 5.82 Å². The van der Waals surface area contributed by atoms with Crippen molar-refractivity contribution in [1.82, 2.24) is 0 Å². The van der Waals surface area contributed by atoms with E-state index in [1.54, 1.807) is 12.1 Å². The fraction of sp³-hybridized carbons (Fsp3) is 0.667. The van der Waals surface area contributed by atoms with E-state index < -0.39 is 8.32 Å². The summed E-state index contributed by atoms with van der Waals surface area (Å²) in [6.07, 6.45) is 4.51. The number of halogens is 2. The Labute approximate surface area is 145 Å².